The standard InChI is InChI=1S/C18H29N3O3S2/c1-2-25(22)16-8-6-7-15(13-16)20-18-10-9-17(14-19-18)26(23,24)21-11-4-3-5-12-21/h9-10,14-16H,2-8,11-13H2,1H3,(H,19,20). The first kappa shape index (κ1) is 19.8. The SMILES string of the molecule is CCS(=O)C1CCCC(Nc2ccc(S(=O)(=O)N3CCCCC3)cn2)C1. The van der Waals surface area contributed by atoms with Crippen molar-refractivity contribution in [1.29, 1.82) is 0 Å². The molecular formula is C18H29N3O3S2. The second-order valence-electron chi connectivity index (χ2n) is 7.14. The maximum absolute atomic E-state index is 12.7. The highest BCUT2D eigenvalue weighted by atomic mass is 32.2. The molecule has 146 valence electrons. The van der Waals surface area contributed by atoms with Gasteiger partial charge in [-0.1, -0.05) is 19.8 Å². The summed E-state index contributed by atoms with van der Waals surface area (Å²) in [4.78, 5) is 4.59. The Morgan fingerprint density at radius 3 is 2.62 bits per heavy atom. The van der Waals surface area contributed by atoms with Crippen LogP contribution in [0.15, 0.2) is 23.2 Å². The predicted octanol–water partition coefficient (Wildman–Crippen LogP) is 2.75. The molecule has 3 unspecified atom stereocenters. The summed E-state index contributed by atoms with van der Waals surface area (Å²) < 4.78 is 39.0. The van der Waals surface area contributed by atoms with E-state index >= 15 is 0 Å². The Kier molecular flexibility index (Phi) is 6.69. The zero-order valence-corrected chi connectivity index (χ0v) is 17.0. The van der Waals surface area contributed by atoms with Crippen molar-refractivity contribution >= 4 is 26.6 Å². The van der Waals surface area contributed by atoms with Gasteiger partial charge in [0.05, 0.1) is 0 Å². The second-order valence-corrected chi connectivity index (χ2v) is 11.1. The summed E-state index contributed by atoms with van der Waals surface area (Å²) in [5, 5.41) is 3.65. The lowest BCUT2D eigenvalue weighted by molar-refractivity contribution is 0.346. The number of hydrogen-bond donors (Lipinski definition) is 1. The average molecular weight is 400 g/mol. The van der Waals surface area contributed by atoms with Gasteiger partial charge in [0.1, 0.15) is 10.7 Å². The van der Waals surface area contributed by atoms with Crippen LogP contribution in [-0.2, 0) is 20.8 Å². The van der Waals surface area contributed by atoms with Crippen LogP contribution in [0.3, 0.4) is 0 Å². The molecule has 1 aliphatic carbocycles. The van der Waals surface area contributed by atoms with Gasteiger partial charge in [0.25, 0.3) is 0 Å². The first-order valence-corrected chi connectivity index (χ1v) is 12.4. The minimum Gasteiger partial charge on any atom is -0.367 e. The zero-order valence-electron chi connectivity index (χ0n) is 15.4. The van der Waals surface area contributed by atoms with E-state index in [0.717, 1.165) is 44.9 Å². The molecule has 26 heavy (non-hydrogen) atoms. The van der Waals surface area contributed by atoms with Gasteiger partial charge >= 0.3 is 0 Å². The van der Waals surface area contributed by atoms with E-state index in [2.05, 4.69) is 10.3 Å². The molecule has 0 radical (unpaired) electrons. The van der Waals surface area contributed by atoms with Crippen LogP contribution in [0, 0.1) is 0 Å². The summed E-state index contributed by atoms with van der Waals surface area (Å²) in [5.41, 5.74) is 0. The van der Waals surface area contributed by atoms with Gasteiger partial charge in [-0.2, -0.15) is 4.31 Å². The van der Waals surface area contributed by atoms with Crippen LogP contribution in [0.2, 0.25) is 0 Å². The number of aromatic nitrogens is 1. The highest BCUT2D eigenvalue weighted by Crippen LogP contribution is 2.26. The van der Waals surface area contributed by atoms with Crippen LogP contribution in [0.5, 0.6) is 0 Å². The molecule has 3 atom stereocenters. The van der Waals surface area contributed by atoms with Crippen molar-refractivity contribution < 1.29 is 12.6 Å². The number of piperidine rings is 1. The summed E-state index contributed by atoms with van der Waals surface area (Å²) in [5.74, 6) is 1.40. The highest BCUT2D eigenvalue weighted by Gasteiger charge is 2.27. The molecular weight excluding hydrogens is 370 g/mol. The van der Waals surface area contributed by atoms with Gasteiger partial charge in [-0.25, -0.2) is 13.4 Å². The molecule has 2 heterocycles. The van der Waals surface area contributed by atoms with E-state index in [9.17, 15) is 12.6 Å². The molecule has 1 N–H and O–H groups in total. The number of pyridine rings is 1. The van der Waals surface area contributed by atoms with Gasteiger partial charge in [-0.3, -0.25) is 4.21 Å². The fourth-order valence-electron chi connectivity index (χ4n) is 3.83. The molecule has 1 saturated heterocycles. The number of rotatable bonds is 6. The molecule has 0 amide bonds. The fourth-order valence-corrected chi connectivity index (χ4v) is 6.64. The van der Waals surface area contributed by atoms with Crippen LogP contribution in [0.25, 0.3) is 0 Å². The van der Waals surface area contributed by atoms with Gasteiger partial charge in [-0.15, -0.1) is 0 Å². The third-order valence-electron chi connectivity index (χ3n) is 5.32. The van der Waals surface area contributed by atoms with E-state index in [1.165, 1.54) is 6.20 Å². The van der Waals surface area contributed by atoms with Crippen molar-refractivity contribution in [3.8, 4) is 0 Å². The fraction of sp³-hybridized carbons (Fsp3) is 0.722. The van der Waals surface area contributed by atoms with Crippen molar-refractivity contribution in [3.05, 3.63) is 18.3 Å². The summed E-state index contributed by atoms with van der Waals surface area (Å²) in [6.45, 7) is 3.16. The van der Waals surface area contributed by atoms with E-state index in [0.29, 0.717) is 24.7 Å². The number of anilines is 1. The molecule has 1 saturated carbocycles. The van der Waals surface area contributed by atoms with Gasteiger partial charge in [-0.05, 0) is 44.2 Å². The molecule has 0 aromatic carbocycles. The van der Waals surface area contributed by atoms with Crippen LogP contribution in [0.1, 0.15) is 51.9 Å². The van der Waals surface area contributed by atoms with Crippen LogP contribution < -0.4 is 5.32 Å². The third kappa shape index (κ3) is 4.64. The van der Waals surface area contributed by atoms with E-state index in [-0.39, 0.29) is 16.2 Å². The summed E-state index contributed by atoms with van der Waals surface area (Å²) in [7, 11) is -4.19. The van der Waals surface area contributed by atoms with Gasteiger partial charge in [0.15, 0.2) is 0 Å². The third-order valence-corrected chi connectivity index (χ3v) is 8.95. The van der Waals surface area contributed by atoms with Gasteiger partial charge < -0.3 is 5.32 Å². The lowest BCUT2D eigenvalue weighted by atomic mass is 9.95. The number of hydrogen-bond acceptors (Lipinski definition) is 5. The molecule has 1 aromatic heterocycles. The first-order chi connectivity index (χ1) is 12.5. The van der Waals surface area contributed by atoms with Crippen LogP contribution in [0.4, 0.5) is 5.82 Å². The van der Waals surface area contributed by atoms with Crippen LogP contribution >= 0.6 is 0 Å². The Balaban J connectivity index is 1.63. The predicted molar refractivity (Wildman–Crippen MR) is 105 cm³/mol. The molecule has 2 fully saturated rings. The Bertz CT molecular complexity index is 716. The molecule has 1 aliphatic heterocycles. The molecule has 3 rings (SSSR count). The number of nitrogens with zero attached hydrogens (tertiary/aromatic N) is 2. The van der Waals surface area contributed by atoms with E-state index in [4.69, 9.17) is 0 Å². The minimum absolute atomic E-state index is 0.251. The Hall–Kier alpha value is -0.990. The molecule has 0 bridgehead atoms. The van der Waals surface area contributed by atoms with Gasteiger partial charge in [0.2, 0.25) is 10.0 Å². The maximum Gasteiger partial charge on any atom is 0.244 e. The molecule has 1 aromatic rings. The van der Waals surface area contributed by atoms with Crippen molar-refractivity contribution in [3.63, 3.8) is 0 Å². The average Bonchev–Trinajstić information content (AvgIpc) is 2.68. The quantitative estimate of drug-likeness (QED) is 0.796. The molecule has 8 heteroatoms. The smallest absolute Gasteiger partial charge is 0.244 e. The Labute approximate surface area is 159 Å². The molecule has 2 aliphatic rings. The maximum atomic E-state index is 12.7. The summed E-state index contributed by atoms with van der Waals surface area (Å²) in [6, 6.07) is 3.64. The minimum atomic E-state index is -3.43. The first-order valence-electron chi connectivity index (χ1n) is 9.60. The zero-order chi connectivity index (χ0) is 18.6. The number of sulfonamides is 1. The Morgan fingerprint density at radius 1 is 1.19 bits per heavy atom. The second kappa shape index (κ2) is 8.80. The lowest BCUT2D eigenvalue weighted by Crippen LogP contribution is -2.35. The Morgan fingerprint density at radius 2 is 1.96 bits per heavy atom. The largest absolute Gasteiger partial charge is 0.367 e. The van der Waals surface area contributed by atoms with Crippen molar-refractivity contribution in [2.45, 2.75) is 68.1 Å². The topological polar surface area (TPSA) is 79.4 Å². The molecule has 6 nitrogen and oxygen atoms in total. The van der Waals surface area contributed by atoms with E-state index in [1.807, 2.05) is 6.92 Å². The lowest BCUT2D eigenvalue weighted by Gasteiger charge is -2.29. The normalized spacial score (nSPS) is 26.3. The molecule has 0 spiro atoms. The number of nitrogens with one attached hydrogen (secondary N) is 1. The monoisotopic (exact) mass is 399 g/mol. The van der Waals surface area contributed by atoms with E-state index < -0.39 is 20.8 Å². The summed E-state index contributed by atoms with van der Waals surface area (Å²) >= 11 is 0. The van der Waals surface area contributed by atoms with E-state index in [1.54, 1.807) is 16.4 Å². The van der Waals surface area contributed by atoms with Crippen LogP contribution in [-0.4, -0.2) is 52.1 Å². The van der Waals surface area contributed by atoms with Crippen molar-refractivity contribution in [2.75, 3.05) is 24.2 Å². The van der Waals surface area contributed by atoms with Gasteiger partial charge in [0, 0.05) is 47.1 Å². The van der Waals surface area contributed by atoms with Crippen molar-refractivity contribution in [1.82, 2.24) is 9.29 Å². The van der Waals surface area contributed by atoms with Crippen molar-refractivity contribution in [2.24, 2.45) is 0 Å². The highest BCUT2D eigenvalue weighted by molar-refractivity contribution is 7.89. The summed E-state index contributed by atoms with van der Waals surface area (Å²) in [6.07, 6.45) is 8.41.